The van der Waals surface area contributed by atoms with Gasteiger partial charge in [-0.05, 0) is 98.3 Å². The van der Waals surface area contributed by atoms with Gasteiger partial charge in [0.05, 0.1) is 5.56 Å². The molecule has 24 heavy (non-hydrogen) atoms. The van der Waals surface area contributed by atoms with Gasteiger partial charge in [0.25, 0.3) is 0 Å². The number of nitrogens with one attached hydrogen (secondary N) is 1. The van der Waals surface area contributed by atoms with E-state index >= 15 is 0 Å². The van der Waals surface area contributed by atoms with Gasteiger partial charge in [0, 0.05) is 13.1 Å². The monoisotopic (exact) mass is 327 g/mol. The highest BCUT2D eigenvalue weighted by Gasteiger charge is 2.50. The van der Waals surface area contributed by atoms with Gasteiger partial charge in [-0.25, -0.2) is 4.79 Å². The third-order valence-electron chi connectivity index (χ3n) is 7.11. The average Bonchev–Trinajstić information content (AvgIpc) is 2.49. The molecule has 0 aliphatic heterocycles. The molecule has 4 aliphatic rings. The van der Waals surface area contributed by atoms with E-state index in [1.165, 1.54) is 44.1 Å². The van der Waals surface area contributed by atoms with Crippen molar-refractivity contribution >= 4 is 5.97 Å². The van der Waals surface area contributed by atoms with E-state index in [9.17, 15) is 9.90 Å². The molecule has 0 saturated heterocycles. The molecule has 1 aromatic carbocycles. The molecule has 1 aromatic rings. The molecule has 4 saturated carbocycles. The number of aromatic carboxylic acids is 1. The van der Waals surface area contributed by atoms with Gasteiger partial charge in [-0.15, -0.1) is 0 Å². The lowest BCUT2D eigenvalue weighted by Gasteiger charge is -2.57. The largest absolute Gasteiger partial charge is 0.478 e. The van der Waals surface area contributed by atoms with Crippen molar-refractivity contribution in [2.24, 2.45) is 23.2 Å². The first-order chi connectivity index (χ1) is 11.5. The SMILES string of the molecule is Cc1c(CNCC23CC4CC(CC(C4)C2)C3)ccc(C(=O)O)c1C. The predicted octanol–water partition coefficient (Wildman–Crippen LogP) is 4.31. The molecular formula is C21H29NO2. The molecule has 130 valence electrons. The summed E-state index contributed by atoms with van der Waals surface area (Å²) in [4.78, 5) is 11.2. The Kier molecular flexibility index (Phi) is 3.95. The van der Waals surface area contributed by atoms with Gasteiger partial charge in [-0.2, -0.15) is 0 Å². The molecule has 2 N–H and O–H groups in total. The molecule has 4 fully saturated rings. The fraction of sp³-hybridized carbons (Fsp3) is 0.667. The van der Waals surface area contributed by atoms with Crippen LogP contribution in [0, 0.1) is 37.0 Å². The van der Waals surface area contributed by atoms with E-state index in [4.69, 9.17) is 0 Å². The van der Waals surface area contributed by atoms with Crippen LogP contribution in [0.15, 0.2) is 12.1 Å². The topological polar surface area (TPSA) is 49.3 Å². The fourth-order valence-electron chi connectivity index (χ4n) is 6.27. The summed E-state index contributed by atoms with van der Waals surface area (Å²) in [6, 6.07) is 3.74. The van der Waals surface area contributed by atoms with Gasteiger partial charge < -0.3 is 10.4 Å². The minimum Gasteiger partial charge on any atom is -0.478 e. The van der Waals surface area contributed by atoms with Crippen LogP contribution in [-0.2, 0) is 6.54 Å². The van der Waals surface area contributed by atoms with Gasteiger partial charge in [0.15, 0.2) is 0 Å². The molecule has 3 heteroatoms. The van der Waals surface area contributed by atoms with Crippen molar-refractivity contribution < 1.29 is 9.90 Å². The van der Waals surface area contributed by atoms with E-state index < -0.39 is 5.97 Å². The summed E-state index contributed by atoms with van der Waals surface area (Å²) in [6.07, 6.45) is 8.78. The number of carboxylic acids is 1. The minimum absolute atomic E-state index is 0.428. The average molecular weight is 327 g/mol. The van der Waals surface area contributed by atoms with Gasteiger partial charge in [0.2, 0.25) is 0 Å². The first-order valence-corrected chi connectivity index (χ1v) is 9.49. The summed E-state index contributed by atoms with van der Waals surface area (Å²) in [7, 11) is 0. The highest BCUT2D eigenvalue weighted by molar-refractivity contribution is 5.89. The van der Waals surface area contributed by atoms with E-state index in [-0.39, 0.29) is 0 Å². The Morgan fingerprint density at radius 1 is 1.08 bits per heavy atom. The van der Waals surface area contributed by atoms with Crippen LogP contribution in [0.2, 0.25) is 0 Å². The molecule has 0 heterocycles. The molecule has 0 spiro atoms. The first kappa shape index (κ1) is 16.1. The molecule has 0 atom stereocenters. The number of hydrogen-bond acceptors (Lipinski definition) is 2. The van der Waals surface area contributed by atoms with E-state index in [0.29, 0.717) is 11.0 Å². The lowest BCUT2D eigenvalue weighted by atomic mass is 9.49. The van der Waals surface area contributed by atoms with Crippen LogP contribution in [-0.4, -0.2) is 17.6 Å². The van der Waals surface area contributed by atoms with Crippen molar-refractivity contribution in [2.45, 2.75) is 58.9 Å². The zero-order valence-electron chi connectivity index (χ0n) is 14.9. The molecule has 0 unspecified atom stereocenters. The van der Waals surface area contributed by atoms with Crippen LogP contribution in [0.3, 0.4) is 0 Å². The molecule has 4 bridgehead atoms. The van der Waals surface area contributed by atoms with Gasteiger partial charge >= 0.3 is 5.97 Å². The number of carboxylic acid groups (broad SMARTS) is 1. The van der Waals surface area contributed by atoms with Gasteiger partial charge in [0.1, 0.15) is 0 Å². The smallest absolute Gasteiger partial charge is 0.335 e. The van der Waals surface area contributed by atoms with E-state index in [1.54, 1.807) is 6.07 Å². The Morgan fingerprint density at radius 3 is 2.21 bits per heavy atom. The Balaban J connectivity index is 1.41. The van der Waals surface area contributed by atoms with Crippen molar-refractivity contribution in [3.05, 3.63) is 34.4 Å². The number of carbonyl (C=O) groups is 1. The Morgan fingerprint density at radius 2 is 1.67 bits per heavy atom. The van der Waals surface area contributed by atoms with Crippen LogP contribution in [0.4, 0.5) is 0 Å². The number of hydrogen-bond donors (Lipinski definition) is 2. The maximum Gasteiger partial charge on any atom is 0.335 e. The summed E-state index contributed by atoms with van der Waals surface area (Å²) in [5, 5.41) is 13.0. The van der Waals surface area contributed by atoms with E-state index in [1.807, 2.05) is 19.9 Å². The number of rotatable bonds is 5. The van der Waals surface area contributed by atoms with E-state index in [2.05, 4.69) is 5.32 Å². The lowest BCUT2D eigenvalue weighted by Crippen LogP contribution is -2.50. The first-order valence-electron chi connectivity index (χ1n) is 9.49. The molecule has 4 aliphatic carbocycles. The second-order valence-electron chi connectivity index (χ2n) is 8.85. The van der Waals surface area contributed by atoms with Crippen molar-refractivity contribution in [3.8, 4) is 0 Å². The van der Waals surface area contributed by atoms with Crippen LogP contribution >= 0.6 is 0 Å². The van der Waals surface area contributed by atoms with Gasteiger partial charge in [-0.1, -0.05) is 6.07 Å². The van der Waals surface area contributed by atoms with Crippen LogP contribution in [0.1, 0.15) is 65.6 Å². The highest BCUT2D eigenvalue weighted by atomic mass is 16.4. The summed E-state index contributed by atoms with van der Waals surface area (Å²) in [6.45, 7) is 5.95. The molecular weight excluding hydrogens is 298 g/mol. The zero-order chi connectivity index (χ0) is 16.9. The Hall–Kier alpha value is -1.35. The summed E-state index contributed by atoms with van der Waals surface area (Å²) < 4.78 is 0. The van der Waals surface area contributed by atoms with Crippen molar-refractivity contribution in [1.82, 2.24) is 5.32 Å². The molecule has 3 nitrogen and oxygen atoms in total. The van der Waals surface area contributed by atoms with Crippen molar-refractivity contribution in [2.75, 3.05) is 6.54 Å². The Labute approximate surface area is 144 Å². The standard InChI is InChI=1S/C21H29NO2/c1-13-14(2)19(20(23)24)4-3-18(13)11-22-12-21-8-15-5-16(9-21)7-17(6-15)10-21/h3-4,15-17,22H,5-12H2,1-2H3,(H,23,24). The highest BCUT2D eigenvalue weighted by Crippen LogP contribution is 2.59. The summed E-state index contributed by atoms with van der Waals surface area (Å²) >= 11 is 0. The summed E-state index contributed by atoms with van der Waals surface area (Å²) in [5.74, 6) is 2.16. The predicted molar refractivity (Wildman–Crippen MR) is 95.2 cm³/mol. The zero-order valence-corrected chi connectivity index (χ0v) is 14.9. The van der Waals surface area contributed by atoms with E-state index in [0.717, 1.165) is 42.0 Å². The van der Waals surface area contributed by atoms with Crippen LogP contribution < -0.4 is 5.32 Å². The normalized spacial score (nSPS) is 33.8. The summed E-state index contributed by atoms with van der Waals surface area (Å²) in [5.41, 5.74) is 4.24. The second-order valence-corrected chi connectivity index (χ2v) is 8.85. The number of benzene rings is 1. The lowest BCUT2D eigenvalue weighted by molar-refractivity contribution is -0.0514. The molecule has 5 rings (SSSR count). The molecule has 0 radical (unpaired) electrons. The minimum atomic E-state index is -0.830. The van der Waals surface area contributed by atoms with Crippen molar-refractivity contribution in [3.63, 3.8) is 0 Å². The Bertz CT molecular complexity index is 629. The maximum atomic E-state index is 11.2. The van der Waals surface area contributed by atoms with Crippen LogP contribution in [0.25, 0.3) is 0 Å². The molecule has 0 amide bonds. The molecule has 0 aromatic heterocycles. The third kappa shape index (κ3) is 2.77. The van der Waals surface area contributed by atoms with Crippen LogP contribution in [0.5, 0.6) is 0 Å². The quantitative estimate of drug-likeness (QED) is 0.847. The van der Waals surface area contributed by atoms with Gasteiger partial charge in [-0.3, -0.25) is 0 Å². The fourth-order valence-corrected chi connectivity index (χ4v) is 6.27. The maximum absolute atomic E-state index is 11.2. The van der Waals surface area contributed by atoms with Crippen molar-refractivity contribution in [1.29, 1.82) is 0 Å². The third-order valence-corrected chi connectivity index (χ3v) is 7.11. The second kappa shape index (κ2) is 5.87.